The zero-order valence-corrected chi connectivity index (χ0v) is 12.4. The van der Waals surface area contributed by atoms with E-state index in [9.17, 15) is 8.42 Å². The van der Waals surface area contributed by atoms with Crippen molar-refractivity contribution >= 4 is 21.4 Å². The van der Waals surface area contributed by atoms with E-state index in [1.165, 1.54) is 15.6 Å². The van der Waals surface area contributed by atoms with E-state index in [-0.39, 0.29) is 0 Å². The summed E-state index contributed by atoms with van der Waals surface area (Å²) in [5, 5.41) is 4.72. The van der Waals surface area contributed by atoms with Crippen molar-refractivity contribution in [2.24, 2.45) is 5.92 Å². The van der Waals surface area contributed by atoms with Crippen LogP contribution in [0.15, 0.2) is 16.3 Å². The molecule has 1 aromatic heterocycles. The fraction of sp³-hybridized carbons (Fsp3) is 0.636. The highest BCUT2D eigenvalue weighted by atomic mass is 32.2. The smallest absolute Gasteiger partial charge is 0.243 e. The first-order valence-electron chi connectivity index (χ1n) is 5.56. The number of nitrogens with one attached hydrogen (secondary N) is 1. The van der Waals surface area contributed by atoms with Gasteiger partial charge >= 0.3 is 0 Å². The van der Waals surface area contributed by atoms with Crippen LogP contribution in [0.2, 0.25) is 0 Å². The van der Waals surface area contributed by atoms with Gasteiger partial charge in [0.15, 0.2) is 0 Å². The zero-order chi connectivity index (χ0) is 13.1. The van der Waals surface area contributed by atoms with Crippen LogP contribution in [0.25, 0.3) is 0 Å². The second-order valence-electron chi connectivity index (χ2n) is 4.46. The van der Waals surface area contributed by atoms with Gasteiger partial charge in [0.1, 0.15) is 0 Å². The van der Waals surface area contributed by atoms with E-state index in [1.54, 1.807) is 18.5 Å². The Balaban J connectivity index is 2.88. The predicted octanol–water partition coefficient (Wildman–Crippen LogP) is 1.74. The highest BCUT2D eigenvalue weighted by Crippen LogP contribution is 2.22. The quantitative estimate of drug-likeness (QED) is 0.861. The van der Waals surface area contributed by atoms with Gasteiger partial charge in [0.25, 0.3) is 0 Å². The lowest BCUT2D eigenvalue weighted by Crippen LogP contribution is -2.30. The summed E-state index contributed by atoms with van der Waals surface area (Å²) in [7, 11) is 0.160. The van der Waals surface area contributed by atoms with Crippen molar-refractivity contribution < 1.29 is 8.42 Å². The first kappa shape index (κ1) is 14.6. The van der Waals surface area contributed by atoms with Gasteiger partial charge in [-0.3, -0.25) is 0 Å². The summed E-state index contributed by atoms with van der Waals surface area (Å²) < 4.78 is 25.8. The Morgan fingerprint density at radius 2 is 2.12 bits per heavy atom. The molecule has 0 atom stereocenters. The Morgan fingerprint density at radius 3 is 2.65 bits per heavy atom. The molecule has 17 heavy (non-hydrogen) atoms. The minimum absolute atomic E-state index is 0.324. The maximum absolute atomic E-state index is 12.2. The van der Waals surface area contributed by atoms with Crippen LogP contribution in [0.5, 0.6) is 0 Å². The molecule has 0 radical (unpaired) electrons. The molecule has 1 heterocycles. The lowest BCUT2D eigenvalue weighted by Gasteiger charge is -2.18. The standard InChI is InChI=1S/C11H20N2O2S2/c1-9(2)7-13(4)17(14,15)11-5-10(6-12-3)16-8-11/h5,8-9,12H,6-7H2,1-4H3. The third-order valence-electron chi connectivity index (χ3n) is 2.31. The van der Waals surface area contributed by atoms with Crippen molar-refractivity contribution in [3.8, 4) is 0 Å². The number of thiophene rings is 1. The van der Waals surface area contributed by atoms with Crippen LogP contribution in [-0.4, -0.2) is 33.4 Å². The van der Waals surface area contributed by atoms with Crippen molar-refractivity contribution in [1.29, 1.82) is 0 Å². The molecule has 0 saturated heterocycles. The average Bonchev–Trinajstić information content (AvgIpc) is 2.66. The molecule has 0 aliphatic rings. The first-order valence-corrected chi connectivity index (χ1v) is 7.88. The molecular formula is C11H20N2O2S2. The molecule has 0 aliphatic heterocycles. The molecule has 1 N–H and O–H groups in total. The highest BCUT2D eigenvalue weighted by molar-refractivity contribution is 7.89. The Labute approximate surface area is 108 Å². The van der Waals surface area contributed by atoms with E-state index in [4.69, 9.17) is 0 Å². The number of nitrogens with zero attached hydrogens (tertiary/aromatic N) is 1. The fourth-order valence-corrected chi connectivity index (χ4v) is 4.16. The molecular weight excluding hydrogens is 256 g/mol. The van der Waals surface area contributed by atoms with Crippen molar-refractivity contribution in [3.63, 3.8) is 0 Å². The molecule has 98 valence electrons. The summed E-state index contributed by atoms with van der Waals surface area (Å²) in [5.74, 6) is 0.324. The minimum Gasteiger partial charge on any atom is -0.315 e. The maximum Gasteiger partial charge on any atom is 0.243 e. The van der Waals surface area contributed by atoms with E-state index in [0.717, 1.165) is 4.88 Å². The van der Waals surface area contributed by atoms with Crippen molar-refractivity contribution in [1.82, 2.24) is 9.62 Å². The normalized spacial score (nSPS) is 12.6. The van der Waals surface area contributed by atoms with Gasteiger partial charge in [-0.15, -0.1) is 11.3 Å². The summed E-state index contributed by atoms with van der Waals surface area (Å²) in [6.07, 6.45) is 0. The monoisotopic (exact) mass is 276 g/mol. The summed E-state index contributed by atoms with van der Waals surface area (Å²) in [5.41, 5.74) is 0. The second kappa shape index (κ2) is 5.95. The molecule has 6 heteroatoms. The second-order valence-corrected chi connectivity index (χ2v) is 7.50. The summed E-state index contributed by atoms with van der Waals surface area (Å²) in [6.45, 7) is 5.26. The van der Waals surface area contributed by atoms with Gasteiger partial charge in [-0.05, 0) is 19.0 Å². The van der Waals surface area contributed by atoms with Crippen molar-refractivity contribution in [2.45, 2.75) is 25.3 Å². The Hall–Kier alpha value is -0.430. The Bertz CT molecular complexity index is 452. The number of hydrogen-bond acceptors (Lipinski definition) is 4. The molecule has 0 aromatic carbocycles. The van der Waals surface area contributed by atoms with Crippen LogP contribution >= 0.6 is 11.3 Å². The van der Waals surface area contributed by atoms with Crippen LogP contribution in [0.3, 0.4) is 0 Å². The summed E-state index contributed by atoms with van der Waals surface area (Å²) in [6, 6.07) is 1.74. The van der Waals surface area contributed by atoms with Gasteiger partial charge in [0, 0.05) is 30.4 Å². The molecule has 0 bridgehead atoms. The molecule has 0 spiro atoms. The van der Waals surface area contributed by atoms with Gasteiger partial charge in [-0.1, -0.05) is 13.8 Å². The fourth-order valence-electron chi connectivity index (χ4n) is 1.55. The largest absolute Gasteiger partial charge is 0.315 e. The van der Waals surface area contributed by atoms with E-state index in [1.807, 2.05) is 20.9 Å². The molecule has 0 fully saturated rings. The number of hydrogen-bond donors (Lipinski definition) is 1. The lowest BCUT2D eigenvalue weighted by molar-refractivity contribution is 0.417. The van der Waals surface area contributed by atoms with Gasteiger partial charge in [0.05, 0.1) is 4.90 Å². The molecule has 0 amide bonds. The Morgan fingerprint density at radius 1 is 1.47 bits per heavy atom. The van der Waals surface area contributed by atoms with Crippen LogP contribution in [-0.2, 0) is 16.6 Å². The van der Waals surface area contributed by atoms with Crippen LogP contribution < -0.4 is 5.32 Å². The SMILES string of the molecule is CNCc1cc(S(=O)(=O)N(C)CC(C)C)cs1. The number of sulfonamides is 1. The topological polar surface area (TPSA) is 49.4 Å². The molecule has 4 nitrogen and oxygen atoms in total. The third-order valence-corrected chi connectivity index (χ3v) is 5.20. The van der Waals surface area contributed by atoms with Crippen LogP contribution in [0, 0.1) is 5.92 Å². The van der Waals surface area contributed by atoms with E-state index in [2.05, 4.69) is 5.32 Å². The van der Waals surface area contributed by atoms with Crippen LogP contribution in [0.1, 0.15) is 18.7 Å². The maximum atomic E-state index is 12.2. The molecule has 1 rings (SSSR count). The van der Waals surface area contributed by atoms with E-state index in [0.29, 0.717) is 23.9 Å². The summed E-state index contributed by atoms with van der Waals surface area (Å²) in [4.78, 5) is 1.43. The molecule has 0 saturated carbocycles. The Kier molecular flexibility index (Phi) is 5.12. The number of rotatable bonds is 6. The average molecular weight is 276 g/mol. The summed E-state index contributed by atoms with van der Waals surface area (Å²) >= 11 is 1.47. The zero-order valence-electron chi connectivity index (χ0n) is 10.7. The van der Waals surface area contributed by atoms with Crippen molar-refractivity contribution in [2.75, 3.05) is 20.6 Å². The van der Waals surface area contributed by atoms with Gasteiger partial charge in [-0.25, -0.2) is 12.7 Å². The lowest BCUT2D eigenvalue weighted by atomic mass is 10.2. The van der Waals surface area contributed by atoms with Gasteiger partial charge in [0.2, 0.25) is 10.0 Å². The van der Waals surface area contributed by atoms with Gasteiger partial charge in [-0.2, -0.15) is 0 Å². The molecule has 0 unspecified atom stereocenters. The third kappa shape index (κ3) is 3.77. The van der Waals surface area contributed by atoms with Crippen LogP contribution in [0.4, 0.5) is 0 Å². The predicted molar refractivity (Wildman–Crippen MR) is 71.7 cm³/mol. The minimum atomic E-state index is -3.32. The molecule has 0 aliphatic carbocycles. The van der Waals surface area contributed by atoms with E-state index >= 15 is 0 Å². The van der Waals surface area contributed by atoms with E-state index < -0.39 is 10.0 Å². The van der Waals surface area contributed by atoms with Gasteiger partial charge < -0.3 is 5.32 Å². The highest BCUT2D eigenvalue weighted by Gasteiger charge is 2.22. The van der Waals surface area contributed by atoms with Crippen molar-refractivity contribution in [3.05, 3.63) is 16.3 Å². The first-order chi connectivity index (χ1) is 7.87. The molecule has 1 aromatic rings.